The van der Waals surface area contributed by atoms with Crippen molar-refractivity contribution >= 4 is 22.4 Å². The zero-order valence-corrected chi connectivity index (χ0v) is 12.2. The lowest BCUT2D eigenvalue weighted by Crippen LogP contribution is -2.37. The molecule has 0 aliphatic carbocycles. The van der Waals surface area contributed by atoms with Crippen molar-refractivity contribution in [2.45, 2.75) is 25.8 Å². The molecule has 112 valence electrons. The van der Waals surface area contributed by atoms with Crippen molar-refractivity contribution in [2.75, 3.05) is 5.32 Å². The second-order valence-electron chi connectivity index (χ2n) is 4.48. The number of carbonyl (C=O) groups excluding carboxylic acids is 1. The van der Waals surface area contributed by atoms with Crippen LogP contribution in [0.4, 0.5) is 5.13 Å². The third-order valence-corrected chi connectivity index (χ3v) is 3.81. The van der Waals surface area contributed by atoms with Crippen LogP contribution in [0.2, 0.25) is 0 Å². The van der Waals surface area contributed by atoms with Gasteiger partial charge in [-0.1, -0.05) is 24.3 Å². The number of benzene rings is 1. The summed E-state index contributed by atoms with van der Waals surface area (Å²) in [5, 5.41) is 30.3. The standard InChI is InChI=1S/C13H16N4O3S/c1-2-11-16-17-13(21-11)15-12(20)8(14)5-7-3-4-9(18)10(19)6-7/h3-4,6,8,18-19H,2,5,14H2,1H3,(H,15,17,20)/t8-/m0/s1. The number of phenols is 2. The predicted octanol–water partition coefficient (Wildman–Crippen LogP) is 1.02. The molecule has 21 heavy (non-hydrogen) atoms. The van der Waals surface area contributed by atoms with Gasteiger partial charge in [-0.2, -0.15) is 0 Å². The van der Waals surface area contributed by atoms with Crippen molar-refractivity contribution in [3.63, 3.8) is 0 Å². The van der Waals surface area contributed by atoms with Gasteiger partial charge in [-0.15, -0.1) is 10.2 Å². The Kier molecular flexibility index (Phi) is 4.71. The minimum atomic E-state index is -0.789. The number of phenolic OH excluding ortho intramolecular Hbond substituents is 2. The summed E-state index contributed by atoms with van der Waals surface area (Å²) in [6.45, 7) is 1.95. The number of amides is 1. The van der Waals surface area contributed by atoms with Gasteiger partial charge in [0.1, 0.15) is 5.01 Å². The molecule has 7 nitrogen and oxygen atoms in total. The molecule has 0 saturated heterocycles. The Morgan fingerprint density at radius 1 is 1.38 bits per heavy atom. The third-order valence-electron chi connectivity index (χ3n) is 2.83. The molecule has 1 aromatic heterocycles. The molecule has 1 amide bonds. The number of hydrogen-bond acceptors (Lipinski definition) is 7. The summed E-state index contributed by atoms with van der Waals surface area (Å²) in [6, 6.07) is 3.54. The first kappa shape index (κ1) is 15.2. The topological polar surface area (TPSA) is 121 Å². The minimum absolute atomic E-state index is 0.210. The van der Waals surface area contributed by atoms with Crippen LogP contribution in [0.5, 0.6) is 11.5 Å². The van der Waals surface area contributed by atoms with E-state index in [0.29, 0.717) is 10.7 Å². The van der Waals surface area contributed by atoms with Crippen molar-refractivity contribution in [3.8, 4) is 11.5 Å². The number of nitrogens with two attached hydrogens (primary N) is 1. The van der Waals surface area contributed by atoms with Crippen LogP contribution in [-0.4, -0.2) is 32.4 Å². The van der Waals surface area contributed by atoms with Gasteiger partial charge in [0.15, 0.2) is 11.5 Å². The number of carbonyl (C=O) groups is 1. The van der Waals surface area contributed by atoms with Gasteiger partial charge in [0.05, 0.1) is 6.04 Å². The van der Waals surface area contributed by atoms with Crippen LogP contribution < -0.4 is 11.1 Å². The van der Waals surface area contributed by atoms with Crippen LogP contribution in [0.1, 0.15) is 17.5 Å². The second-order valence-corrected chi connectivity index (χ2v) is 5.54. The molecule has 0 aliphatic heterocycles. The molecule has 0 bridgehead atoms. The Morgan fingerprint density at radius 3 is 2.76 bits per heavy atom. The molecule has 1 heterocycles. The molecule has 0 aliphatic rings. The maximum Gasteiger partial charge on any atom is 0.243 e. The van der Waals surface area contributed by atoms with Crippen LogP contribution >= 0.6 is 11.3 Å². The van der Waals surface area contributed by atoms with E-state index < -0.39 is 6.04 Å². The summed E-state index contributed by atoms with van der Waals surface area (Å²) in [7, 11) is 0. The Morgan fingerprint density at radius 2 is 2.14 bits per heavy atom. The molecule has 0 saturated carbocycles. The SMILES string of the molecule is CCc1nnc(NC(=O)[C@@H](N)Cc2ccc(O)c(O)c2)s1. The molecule has 2 aromatic rings. The maximum absolute atomic E-state index is 12.0. The van der Waals surface area contributed by atoms with Crippen LogP contribution in [0.3, 0.4) is 0 Å². The fourth-order valence-electron chi connectivity index (χ4n) is 1.69. The summed E-state index contributed by atoms with van der Waals surface area (Å²) in [5.41, 5.74) is 6.48. The Hall–Kier alpha value is -2.19. The zero-order chi connectivity index (χ0) is 15.4. The Balaban J connectivity index is 1.97. The summed E-state index contributed by atoms with van der Waals surface area (Å²) < 4.78 is 0. The van der Waals surface area contributed by atoms with E-state index in [1.807, 2.05) is 6.92 Å². The fraction of sp³-hybridized carbons (Fsp3) is 0.308. The normalized spacial score (nSPS) is 12.1. The van der Waals surface area contributed by atoms with Gasteiger partial charge >= 0.3 is 0 Å². The van der Waals surface area contributed by atoms with Gasteiger partial charge in [-0.3, -0.25) is 10.1 Å². The number of anilines is 1. The van der Waals surface area contributed by atoms with Gasteiger partial charge in [0, 0.05) is 0 Å². The lowest BCUT2D eigenvalue weighted by Gasteiger charge is -2.11. The molecule has 0 radical (unpaired) electrons. The van der Waals surface area contributed by atoms with Crippen molar-refractivity contribution < 1.29 is 15.0 Å². The van der Waals surface area contributed by atoms with Crippen LogP contribution in [0.15, 0.2) is 18.2 Å². The van der Waals surface area contributed by atoms with Crippen LogP contribution in [-0.2, 0) is 17.6 Å². The van der Waals surface area contributed by atoms with E-state index in [-0.39, 0.29) is 23.8 Å². The highest BCUT2D eigenvalue weighted by Crippen LogP contribution is 2.25. The molecule has 2 rings (SSSR count). The number of rotatable bonds is 5. The maximum atomic E-state index is 12.0. The number of aryl methyl sites for hydroxylation is 1. The molecule has 1 atom stereocenters. The van der Waals surface area contributed by atoms with Gasteiger partial charge in [-0.05, 0) is 30.5 Å². The lowest BCUT2D eigenvalue weighted by molar-refractivity contribution is -0.117. The van der Waals surface area contributed by atoms with Crippen molar-refractivity contribution in [1.29, 1.82) is 0 Å². The van der Waals surface area contributed by atoms with Crippen molar-refractivity contribution in [3.05, 3.63) is 28.8 Å². The first-order chi connectivity index (χ1) is 9.99. The minimum Gasteiger partial charge on any atom is -0.504 e. The first-order valence-electron chi connectivity index (χ1n) is 6.39. The van der Waals surface area contributed by atoms with E-state index in [0.717, 1.165) is 11.4 Å². The molecule has 1 aromatic carbocycles. The molecule has 8 heteroatoms. The molecule has 5 N–H and O–H groups in total. The lowest BCUT2D eigenvalue weighted by atomic mass is 10.1. The van der Waals surface area contributed by atoms with Crippen molar-refractivity contribution in [1.82, 2.24) is 10.2 Å². The van der Waals surface area contributed by atoms with Crippen LogP contribution in [0, 0.1) is 0 Å². The quantitative estimate of drug-likeness (QED) is 0.612. The van der Waals surface area contributed by atoms with Crippen LogP contribution in [0.25, 0.3) is 0 Å². The first-order valence-corrected chi connectivity index (χ1v) is 7.21. The van der Waals surface area contributed by atoms with Gasteiger partial charge < -0.3 is 15.9 Å². The molecular formula is C13H16N4O3S. The highest BCUT2D eigenvalue weighted by molar-refractivity contribution is 7.15. The van der Waals surface area contributed by atoms with E-state index in [1.165, 1.54) is 23.5 Å². The third kappa shape index (κ3) is 3.89. The Labute approximate surface area is 125 Å². The molecule has 0 fully saturated rings. The monoisotopic (exact) mass is 308 g/mol. The molecule has 0 unspecified atom stereocenters. The smallest absolute Gasteiger partial charge is 0.243 e. The van der Waals surface area contributed by atoms with E-state index >= 15 is 0 Å². The zero-order valence-electron chi connectivity index (χ0n) is 11.4. The van der Waals surface area contributed by atoms with Gasteiger partial charge in [-0.25, -0.2) is 0 Å². The number of nitrogens with one attached hydrogen (secondary N) is 1. The number of aromatic nitrogens is 2. The largest absolute Gasteiger partial charge is 0.504 e. The van der Waals surface area contributed by atoms with Gasteiger partial charge in [0.25, 0.3) is 0 Å². The van der Waals surface area contributed by atoms with E-state index in [2.05, 4.69) is 15.5 Å². The number of nitrogens with zero attached hydrogens (tertiary/aromatic N) is 2. The van der Waals surface area contributed by atoms with E-state index in [1.54, 1.807) is 6.07 Å². The average Bonchev–Trinajstić information content (AvgIpc) is 2.90. The van der Waals surface area contributed by atoms with Gasteiger partial charge in [0.2, 0.25) is 11.0 Å². The fourth-order valence-corrected chi connectivity index (χ4v) is 2.37. The van der Waals surface area contributed by atoms with Crippen molar-refractivity contribution in [2.24, 2.45) is 5.73 Å². The predicted molar refractivity (Wildman–Crippen MR) is 79.4 cm³/mol. The molecular weight excluding hydrogens is 292 g/mol. The highest BCUT2D eigenvalue weighted by atomic mass is 32.1. The average molecular weight is 308 g/mol. The number of aromatic hydroxyl groups is 2. The summed E-state index contributed by atoms with van der Waals surface area (Å²) in [5.74, 6) is -0.823. The summed E-state index contributed by atoms with van der Waals surface area (Å²) in [4.78, 5) is 12.0. The Bertz CT molecular complexity index is 644. The second kappa shape index (κ2) is 6.51. The summed E-state index contributed by atoms with van der Waals surface area (Å²) >= 11 is 1.31. The van der Waals surface area contributed by atoms with E-state index in [9.17, 15) is 15.0 Å². The highest BCUT2D eigenvalue weighted by Gasteiger charge is 2.16. The molecule has 0 spiro atoms. The van der Waals surface area contributed by atoms with E-state index in [4.69, 9.17) is 5.73 Å². The number of hydrogen-bond donors (Lipinski definition) is 4. The summed E-state index contributed by atoms with van der Waals surface area (Å²) in [6.07, 6.45) is 0.992.